The van der Waals surface area contributed by atoms with E-state index in [-0.39, 0.29) is 6.54 Å². The molecule has 1 amide bonds. The number of benzene rings is 18. The fraction of sp³-hybridized carbons (Fsp3) is 0.208. The molecule has 28 aromatic carbocycles. The predicted octanol–water partition coefficient (Wildman–Crippen LogP) is 19.8. The molecule has 0 atom stereocenters. The van der Waals surface area contributed by atoms with Crippen LogP contribution in [0.15, 0.2) is 5.16 Å². The number of nitrogens with zero attached hydrogens (tertiary/aromatic N) is 2. The van der Waals surface area contributed by atoms with Crippen LogP contribution in [0.3, 0.4) is 0 Å². The second kappa shape index (κ2) is 8.77. The van der Waals surface area contributed by atoms with Gasteiger partial charge in [0.05, 0.1) is 5.71 Å². The molecule has 0 radical (unpaired) electrons. The Balaban J connectivity index is 0.820. The zero-order valence-corrected chi connectivity index (χ0v) is 45.7. The largest absolute Gasteiger partial charge is 0.459 e. The summed E-state index contributed by atoms with van der Waals surface area (Å²) in [4.78, 5) is 37.0. The Kier molecular flexibility index (Phi) is 3.79. The van der Waals surface area contributed by atoms with Gasteiger partial charge in [0, 0.05) is 17.7 Å². The van der Waals surface area contributed by atoms with Crippen LogP contribution in [0.5, 0.6) is 0 Å². The number of carbonyl (C=O) groups excluding carboxylic acids is 2. The maximum absolute atomic E-state index is 13.9. The van der Waals surface area contributed by atoms with Crippen LogP contribution in [-0.4, -0.2) is 47.0 Å². The van der Waals surface area contributed by atoms with Gasteiger partial charge in [-0.15, -0.1) is 0 Å². The second-order valence-corrected chi connectivity index (χ2v) is 31.1. The molecule has 33 rings (SSSR count). The van der Waals surface area contributed by atoms with E-state index >= 15 is 0 Å². The van der Waals surface area contributed by atoms with E-state index < -0.39 is 34.3 Å². The van der Waals surface area contributed by atoms with Gasteiger partial charge >= 0.3 is 12.1 Å². The summed E-state index contributed by atoms with van der Waals surface area (Å²) in [5.41, 5.74) is 4.19. The number of hydrogen-bond acceptors (Lipinski definition) is 6. The van der Waals surface area contributed by atoms with Gasteiger partial charge in [0.15, 0.2) is 0 Å². The molecule has 0 bridgehead atoms. The molecule has 7 heteroatoms. The second-order valence-electron chi connectivity index (χ2n) is 31.1. The smallest absolute Gasteiger partial charge is 0.410 e. The molecule has 4 aliphatic carbocycles. The van der Waals surface area contributed by atoms with Crippen molar-refractivity contribution in [2.45, 2.75) is 89.4 Å². The summed E-state index contributed by atoms with van der Waals surface area (Å²) in [5.74, 6) is -0.425. The lowest BCUT2D eigenvalue weighted by Crippen LogP contribution is -2.53. The maximum atomic E-state index is 13.9. The fourth-order valence-corrected chi connectivity index (χ4v) is 26.1. The van der Waals surface area contributed by atoms with E-state index in [2.05, 4.69) is 0 Å². The Hall–Kier alpha value is -9.33. The number of hydrogen-bond donors (Lipinski definition) is 0. The zero-order chi connectivity index (χ0) is 52.9. The third kappa shape index (κ3) is 2.31. The van der Waals surface area contributed by atoms with E-state index in [1.165, 1.54) is 92.6 Å². The van der Waals surface area contributed by atoms with E-state index in [4.69, 9.17) is 19.5 Å². The lowest BCUT2D eigenvalue weighted by Gasteiger charge is -2.47. The zero-order valence-electron chi connectivity index (χ0n) is 45.7. The fourth-order valence-electron chi connectivity index (χ4n) is 26.1. The van der Waals surface area contributed by atoms with E-state index in [0.717, 1.165) is 19.3 Å². The molecule has 5 aliphatic rings. The molecule has 28 aromatic rings. The molecule has 0 aromatic heterocycles. The van der Waals surface area contributed by atoms with Gasteiger partial charge in [-0.2, -0.15) is 0 Å². The molecule has 0 fully saturated rings. The molecule has 0 unspecified atom stereocenters. The highest BCUT2D eigenvalue weighted by Gasteiger charge is 2.76. The lowest BCUT2D eigenvalue weighted by molar-refractivity contribution is -0.156. The molecular formula is C77H30N2O5. The van der Waals surface area contributed by atoms with Crippen LogP contribution in [0.25, 0.3) is 291 Å². The van der Waals surface area contributed by atoms with Crippen LogP contribution in [-0.2, 0) is 30.1 Å². The summed E-state index contributed by atoms with van der Waals surface area (Å²) in [6.07, 6.45) is 2.69. The first-order valence-electron chi connectivity index (χ1n) is 31.1. The summed E-state index contributed by atoms with van der Waals surface area (Å²) in [6, 6.07) is 0. The van der Waals surface area contributed by atoms with E-state index in [9.17, 15) is 9.59 Å². The molecule has 0 saturated carbocycles. The van der Waals surface area contributed by atoms with E-state index in [1.807, 2.05) is 41.5 Å². The Labute approximate surface area is 464 Å². The quantitative estimate of drug-likeness (QED) is 0.0861. The van der Waals surface area contributed by atoms with Crippen LogP contribution >= 0.6 is 0 Å². The number of ether oxygens (including phenoxy) is 2. The third-order valence-electron chi connectivity index (χ3n) is 26.7. The molecular weight excluding hydrogens is 1030 g/mol. The highest BCUT2D eigenvalue weighted by molar-refractivity contribution is 6.82. The minimum atomic E-state index is -0.894. The van der Waals surface area contributed by atoms with Crippen molar-refractivity contribution in [2.75, 3.05) is 13.1 Å². The average molecular weight is 1060 g/mol. The third-order valence-corrected chi connectivity index (χ3v) is 26.7. The first kappa shape index (κ1) is 36.3. The standard InChI is InChI=1S/C77H30N2O5/c1-74(2,3)82-14(80)12-79(73(81)83-75(4,5)6)11-9-7-8-10-13-76-69-61-53-43-33-25-17-15-16-19-23-21(17)29-37-31(23)41-35-27(19)28-20(16)24-22-18(15)26(25)34-40-30(22)38-32(24)42-36(28)46-45(35)57-51(41)59-49(37)55(47(53)39(29)33)63(69)65(59)71-67(57)68-58(46)52(42)60-50(38)56-48(40)54(44(34)43)62(61)70(76)64(56)66(60)72(68)77(71,76)84-78-13/h7-12H2,1-6H3. The number of oxime groups is 1. The van der Waals surface area contributed by atoms with E-state index in [0.29, 0.717) is 13.0 Å². The number of unbranched alkanes of at least 4 members (excludes halogenated alkanes) is 2. The Morgan fingerprint density at radius 3 is 0.857 bits per heavy atom. The van der Waals surface area contributed by atoms with Gasteiger partial charge in [-0.3, -0.25) is 9.69 Å². The van der Waals surface area contributed by atoms with Gasteiger partial charge < -0.3 is 14.3 Å². The van der Waals surface area contributed by atoms with Crippen LogP contribution in [0.4, 0.5) is 4.79 Å². The lowest BCUT2D eigenvalue weighted by atomic mass is 9.52. The van der Waals surface area contributed by atoms with Crippen LogP contribution < -0.4 is 0 Å². The van der Waals surface area contributed by atoms with Gasteiger partial charge in [-0.05, 0) is 363 Å². The van der Waals surface area contributed by atoms with Crippen molar-refractivity contribution >= 4 is 309 Å². The summed E-state index contributed by atoms with van der Waals surface area (Å²) >= 11 is 0. The Morgan fingerprint density at radius 1 is 0.345 bits per heavy atom. The monoisotopic (exact) mass is 1060 g/mol. The SMILES string of the molecule is CC(C)(C)OC(=O)CN(CCCCCC1=NOC23c4c5c6c7c8c9c(c%10c%11c2c2c4c4c%12c5c5c6c6c8c8c%13c9c9c%10c%10c%11c%11c2c2c4c4c%12c%12c5c5c6c8c6c8c%13c9c9c%10c%10c%11c2c2c4c4c%12c5c6c5c8c9c%10c2c45)C173)C(=O)OC(C)(C)C. The van der Waals surface area contributed by atoms with Crippen molar-refractivity contribution in [3.05, 3.63) is 22.3 Å². The molecule has 7 nitrogen and oxygen atoms in total. The highest BCUT2D eigenvalue weighted by atomic mass is 16.7. The maximum Gasteiger partial charge on any atom is 0.410 e. The topological polar surface area (TPSA) is 77.4 Å². The summed E-state index contributed by atoms with van der Waals surface area (Å²) < 4.78 is 11.7. The van der Waals surface area contributed by atoms with Crippen molar-refractivity contribution in [2.24, 2.45) is 5.16 Å². The van der Waals surface area contributed by atoms with Crippen LogP contribution in [0, 0.1) is 0 Å². The minimum absolute atomic E-state index is 0.153. The highest BCUT2D eigenvalue weighted by Crippen LogP contribution is 2.85. The molecule has 0 saturated heterocycles. The molecule has 378 valence electrons. The summed E-state index contributed by atoms with van der Waals surface area (Å²) in [5, 5.41) is 90.5. The van der Waals surface area contributed by atoms with Gasteiger partial charge in [-0.25, -0.2) is 4.79 Å². The number of amides is 1. The summed E-state index contributed by atoms with van der Waals surface area (Å²) in [7, 11) is 0. The molecule has 0 N–H and O–H groups in total. The predicted molar refractivity (Wildman–Crippen MR) is 345 cm³/mol. The van der Waals surface area contributed by atoms with Crippen molar-refractivity contribution in [3.8, 4) is 0 Å². The minimum Gasteiger partial charge on any atom is -0.459 e. The molecule has 84 heavy (non-hydrogen) atoms. The van der Waals surface area contributed by atoms with Gasteiger partial charge in [0.2, 0.25) is 5.60 Å². The summed E-state index contributed by atoms with van der Waals surface area (Å²) in [6.45, 7) is 11.5. The molecule has 2 spiro atoms. The van der Waals surface area contributed by atoms with Gasteiger partial charge in [0.1, 0.15) is 23.2 Å². The molecule has 1 aliphatic heterocycles. The van der Waals surface area contributed by atoms with Crippen molar-refractivity contribution in [1.82, 2.24) is 4.90 Å². The van der Waals surface area contributed by atoms with Gasteiger partial charge in [0.25, 0.3) is 0 Å². The number of rotatable bonds is 8. The van der Waals surface area contributed by atoms with Crippen LogP contribution in [0.1, 0.15) is 89.5 Å². The average Bonchev–Trinajstić information content (AvgIpc) is 1.38. The number of esters is 1. The Morgan fingerprint density at radius 2 is 0.595 bits per heavy atom. The first-order valence-corrected chi connectivity index (χ1v) is 31.1. The van der Waals surface area contributed by atoms with Crippen molar-refractivity contribution in [1.29, 1.82) is 0 Å². The van der Waals surface area contributed by atoms with Crippen molar-refractivity contribution < 1.29 is 23.9 Å². The molecule has 1 heterocycles. The van der Waals surface area contributed by atoms with Crippen LogP contribution in [0.2, 0.25) is 0 Å². The normalized spacial score (nSPS) is 20.9. The first-order chi connectivity index (χ1) is 40.9. The number of carbonyl (C=O) groups is 2. The van der Waals surface area contributed by atoms with Gasteiger partial charge in [-0.1, -0.05) is 11.6 Å². The van der Waals surface area contributed by atoms with E-state index in [1.54, 1.807) is 231 Å². The Bertz CT molecular complexity index is 7570. The van der Waals surface area contributed by atoms with Crippen molar-refractivity contribution in [3.63, 3.8) is 0 Å².